The Labute approximate surface area is 121 Å². The Kier molecular flexibility index (Phi) is 3.54. The number of nitrogen functional groups attached to an aromatic ring is 1. The number of halogens is 1. The number of fused-ring (bicyclic) bond motifs is 1. The fraction of sp³-hybridized carbons (Fsp3) is 0.118. The molecule has 0 aliphatic rings. The molecule has 3 aromatic rings. The molecule has 0 radical (unpaired) electrons. The molecule has 3 rings (SSSR count). The second-order valence-electron chi connectivity index (χ2n) is 4.99. The number of nitrogens with zero attached hydrogens (tertiary/aromatic N) is 1. The molecule has 0 spiro atoms. The Morgan fingerprint density at radius 2 is 1.86 bits per heavy atom. The molecule has 3 nitrogen and oxygen atoms in total. The van der Waals surface area contributed by atoms with Gasteiger partial charge in [0, 0.05) is 18.0 Å². The van der Waals surface area contributed by atoms with Crippen LogP contribution in [0.25, 0.3) is 10.8 Å². The Balaban J connectivity index is 1.98. The first-order valence-electron chi connectivity index (χ1n) is 6.71. The summed E-state index contributed by atoms with van der Waals surface area (Å²) >= 11 is 0. The van der Waals surface area contributed by atoms with Gasteiger partial charge < -0.3 is 10.8 Å². The van der Waals surface area contributed by atoms with Crippen molar-refractivity contribution in [2.75, 3.05) is 5.73 Å². The molecule has 0 amide bonds. The van der Waals surface area contributed by atoms with Crippen molar-refractivity contribution in [2.45, 2.75) is 12.5 Å². The lowest BCUT2D eigenvalue weighted by Gasteiger charge is -2.14. The lowest BCUT2D eigenvalue weighted by Crippen LogP contribution is -2.04. The minimum atomic E-state index is -0.725. The number of aliphatic hydroxyl groups excluding tert-OH is 1. The fourth-order valence-corrected chi connectivity index (χ4v) is 2.53. The van der Waals surface area contributed by atoms with E-state index in [4.69, 9.17) is 5.73 Å². The molecule has 0 saturated carbocycles. The van der Waals surface area contributed by atoms with Crippen molar-refractivity contribution in [1.29, 1.82) is 0 Å². The zero-order valence-corrected chi connectivity index (χ0v) is 11.3. The van der Waals surface area contributed by atoms with E-state index < -0.39 is 6.10 Å². The number of anilines is 1. The zero-order valence-electron chi connectivity index (χ0n) is 11.3. The summed E-state index contributed by atoms with van der Waals surface area (Å²) in [6, 6.07) is 13.7. The number of benzene rings is 2. The zero-order chi connectivity index (χ0) is 14.8. The summed E-state index contributed by atoms with van der Waals surface area (Å²) < 4.78 is 13.8. The van der Waals surface area contributed by atoms with Crippen LogP contribution in [0.4, 0.5) is 10.2 Å². The summed E-state index contributed by atoms with van der Waals surface area (Å²) in [4.78, 5) is 3.93. The molecule has 1 atom stereocenters. The number of pyridine rings is 1. The van der Waals surface area contributed by atoms with Gasteiger partial charge >= 0.3 is 0 Å². The molecule has 2 aromatic carbocycles. The standard InChI is InChI=1S/C17H15FN2O/c18-15-6-5-14(12-3-1-2-4-13(12)15)16(21)9-11-7-8-20-17(19)10-11/h1-8,10,16,21H,9H2,(H2,19,20). The van der Waals surface area contributed by atoms with Crippen LogP contribution in [-0.4, -0.2) is 10.1 Å². The van der Waals surface area contributed by atoms with Gasteiger partial charge in [0.1, 0.15) is 11.6 Å². The average Bonchev–Trinajstić information content (AvgIpc) is 2.48. The van der Waals surface area contributed by atoms with Crippen LogP contribution in [0.2, 0.25) is 0 Å². The highest BCUT2D eigenvalue weighted by molar-refractivity contribution is 5.86. The summed E-state index contributed by atoms with van der Waals surface area (Å²) in [6.45, 7) is 0. The van der Waals surface area contributed by atoms with Crippen LogP contribution in [0.5, 0.6) is 0 Å². The van der Waals surface area contributed by atoms with Crippen molar-refractivity contribution in [3.8, 4) is 0 Å². The molecule has 21 heavy (non-hydrogen) atoms. The monoisotopic (exact) mass is 282 g/mol. The van der Waals surface area contributed by atoms with Crippen molar-refractivity contribution in [3.63, 3.8) is 0 Å². The first kappa shape index (κ1) is 13.5. The van der Waals surface area contributed by atoms with Crippen molar-refractivity contribution >= 4 is 16.6 Å². The number of aromatic nitrogens is 1. The second kappa shape index (κ2) is 5.50. The van der Waals surface area contributed by atoms with Crippen LogP contribution in [0.15, 0.2) is 54.7 Å². The minimum Gasteiger partial charge on any atom is -0.388 e. The van der Waals surface area contributed by atoms with Crippen LogP contribution in [0, 0.1) is 5.82 Å². The van der Waals surface area contributed by atoms with Crippen molar-refractivity contribution in [2.24, 2.45) is 0 Å². The average molecular weight is 282 g/mol. The Hall–Kier alpha value is -2.46. The van der Waals surface area contributed by atoms with Crippen LogP contribution in [0.3, 0.4) is 0 Å². The number of rotatable bonds is 3. The molecule has 3 N–H and O–H groups in total. The molecular formula is C17H15FN2O. The van der Waals surface area contributed by atoms with E-state index in [0.29, 0.717) is 23.2 Å². The highest BCUT2D eigenvalue weighted by atomic mass is 19.1. The lowest BCUT2D eigenvalue weighted by molar-refractivity contribution is 0.180. The molecule has 0 fully saturated rings. The Bertz CT molecular complexity index is 789. The van der Waals surface area contributed by atoms with Gasteiger partial charge in [0.05, 0.1) is 6.10 Å². The van der Waals surface area contributed by atoms with E-state index >= 15 is 0 Å². The maximum atomic E-state index is 13.8. The van der Waals surface area contributed by atoms with E-state index in [9.17, 15) is 9.50 Å². The Morgan fingerprint density at radius 1 is 1.10 bits per heavy atom. The minimum absolute atomic E-state index is 0.283. The molecule has 1 unspecified atom stereocenters. The predicted octanol–water partition coefficient (Wildman–Crippen LogP) is 3.23. The van der Waals surface area contributed by atoms with Gasteiger partial charge in [-0.25, -0.2) is 9.37 Å². The summed E-state index contributed by atoms with van der Waals surface area (Å²) in [5, 5.41) is 11.7. The van der Waals surface area contributed by atoms with Crippen molar-refractivity contribution in [1.82, 2.24) is 4.98 Å². The number of nitrogens with two attached hydrogens (primary N) is 1. The van der Waals surface area contributed by atoms with Gasteiger partial charge in [-0.05, 0) is 34.7 Å². The van der Waals surface area contributed by atoms with Gasteiger partial charge in [-0.3, -0.25) is 0 Å². The SMILES string of the molecule is Nc1cc(CC(O)c2ccc(F)c3ccccc23)ccn1. The number of hydrogen-bond donors (Lipinski definition) is 2. The fourth-order valence-electron chi connectivity index (χ4n) is 2.53. The molecule has 106 valence electrons. The van der Waals surface area contributed by atoms with Crippen LogP contribution in [0.1, 0.15) is 17.2 Å². The molecule has 0 saturated heterocycles. The van der Waals surface area contributed by atoms with Crippen molar-refractivity contribution in [3.05, 3.63) is 71.7 Å². The first-order chi connectivity index (χ1) is 10.1. The van der Waals surface area contributed by atoms with E-state index in [1.807, 2.05) is 18.2 Å². The topological polar surface area (TPSA) is 59.1 Å². The van der Waals surface area contributed by atoms with E-state index in [1.54, 1.807) is 30.5 Å². The van der Waals surface area contributed by atoms with E-state index in [0.717, 1.165) is 10.9 Å². The van der Waals surface area contributed by atoms with E-state index in [-0.39, 0.29) is 5.82 Å². The van der Waals surface area contributed by atoms with Crippen molar-refractivity contribution < 1.29 is 9.50 Å². The molecule has 0 aliphatic heterocycles. The third-order valence-corrected chi connectivity index (χ3v) is 3.54. The maximum Gasteiger partial charge on any atom is 0.131 e. The summed E-state index contributed by atoms with van der Waals surface area (Å²) in [5.41, 5.74) is 7.24. The largest absolute Gasteiger partial charge is 0.388 e. The summed E-state index contributed by atoms with van der Waals surface area (Å²) in [7, 11) is 0. The van der Waals surface area contributed by atoms with Crippen LogP contribution < -0.4 is 5.73 Å². The highest BCUT2D eigenvalue weighted by Crippen LogP contribution is 2.28. The van der Waals surface area contributed by atoms with Gasteiger partial charge in [0.15, 0.2) is 0 Å². The predicted molar refractivity (Wildman–Crippen MR) is 81.2 cm³/mol. The van der Waals surface area contributed by atoms with Gasteiger partial charge in [-0.1, -0.05) is 30.3 Å². The molecule has 0 bridgehead atoms. The van der Waals surface area contributed by atoms with Gasteiger partial charge in [-0.2, -0.15) is 0 Å². The van der Waals surface area contributed by atoms with E-state index in [2.05, 4.69) is 4.98 Å². The molecule has 1 heterocycles. The lowest BCUT2D eigenvalue weighted by atomic mass is 9.96. The summed E-state index contributed by atoms with van der Waals surface area (Å²) in [6.07, 6.45) is 1.29. The number of aliphatic hydroxyl groups is 1. The first-order valence-corrected chi connectivity index (χ1v) is 6.71. The maximum absolute atomic E-state index is 13.8. The third-order valence-electron chi connectivity index (χ3n) is 3.54. The molecule has 4 heteroatoms. The quantitative estimate of drug-likeness (QED) is 0.775. The van der Waals surface area contributed by atoms with Crippen LogP contribution in [-0.2, 0) is 6.42 Å². The van der Waals surface area contributed by atoms with Gasteiger partial charge in [0.2, 0.25) is 0 Å². The van der Waals surface area contributed by atoms with Crippen LogP contribution >= 0.6 is 0 Å². The highest BCUT2D eigenvalue weighted by Gasteiger charge is 2.14. The third kappa shape index (κ3) is 2.71. The molecular weight excluding hydrogens is 267 g/mol. The molecule has 1 aromatic heterocycles. The Morgan fingerprint density at radius 3 is 2.62 bits per heavy atom. The smallest absolute Gasteiger partial charge is 0.131 e. The number of hydrogen-bond acceptors (Lipinski definition) is 3. The second-order valence-corrected chi connectivity index (χ2v) is 4.99. The summed E-state index contributed by atoms with van der Waals surface area (Å²) in [5.74, 6) is 0.137. The molecule has 0 aliphatic carbocycles. The van der Waals surface area contributed by atoms with E-state index in [1.165, 1.54) is 6.07 Å². The van der Waals surface area contributed by atoms with Gasteiger partial charge in [0.25, 0.3) is 0 Å². The van der Waals surface area contributed by atoms with Gasteiger partial charge in [-0.15, -0.1) is 0 Å². The normalized spacial score (nSPS) is 12.5.